The van der Waals surface area contributed by atoms with Crippen LogP contribution in [0.4, 0.5) is 15.8 Å². The summed E-state index contributed by atoms with van der Waals surface area (Å²) in [7, 11) is 0. The maximum Gasteiger partial charge on any atom is 0.338 e. The van der Waals surface area contributed by atoms with Gasteiger partial charge in [-0.05, 0) is 36.1 Å². The van der Waals surface area contributed by atoms with Gasteiger partial charge in [-0.15, -0.1) is 11.8 Å². The van der Waals surface area contributed by atoms with Crippen LogP contribution in [-0.2, 0) is 0 Å². The van der Waals surface area contributed by atoms with Crippen molar-refractivity contribution in [3.8, 4) is 0 Å². The number of halogens is 2. The first kappa shape index (κ1) is 15.7. The number of anilines is 2. The van der Waals surface area contributed by atoms with Crippen molar-refractivity contribution in [1.29, 1.82) is 0 Å². The van der Waals surface area contributed by atoms with Crippen molar-refractivity contribution in [2.24, 2.45) is 0 Å². The van der Waals surface area contributed by atoms with Gasteiger partial charge in [0.2, 0.25) is 0 Å². The van der Waals surface area contributed by atoms with Gasteiger partial charge in [-0.25, -0.2) is 9.18 Å². The van der Waals surface area contributed by atoms with E-state index in [-0.39, 0.29) is 10.6 Å². The van der Waals surface area contributed by atoms with E-state index >= 15 is 0 Å². The molecule has 0 spiro atoms. The van der Waals surface area contributed by atoms with Gasteiger partial charge in [-0.3, -0.25) is 0 Å². The van der Waals surface area contributed by atoms with E-state index in [4.69, 9.17) is 11.6 Å². The SMILES string of the molecule is CCSc1cccc(Nc2ccc(F)c(Cl)c2)c1C(=O)O. The van der Waals surface area contributed by atoms with Crippen LogP contribution in [0.2, 0.25) is 5.02 Å². The smallest absolute Gasteiger partial charge is 0.338 e. The van der Waals surface area contributed by atoms with E-state index < -0.39 is 11.8 Å². The van der Waals surface area contributed by atoms with Gasteiger partial charge in [0.15, 0.2) is 0 Å². The second-order valence-corrected chi connectivity index (χ2v) is 5.88. The van der Waals surface area contributed by atoms with Gasteiger partial charge in [-0.1, -0.05) is 24.6 Å². The van der Waals surface area contributed by atoms with Crippen LogP contribution in [0.5, 0.6) is 0 Å². The highest BCUT2D eigenvalue weighted by Crippen LogP contribution is 2.31. The second kappa shape index (κ2) is 6.83. The monoisotopic (exact) mass is 325 g/mol. The lowest BCUT2D eigenvalue weighted by Crippen LogP contribution is -2.05. The largest absolute Gasteiger partial charge is 0.478 e. The zero-order chi connectivity index (χ0) is 15.4. The summed E-state index contributed by atoms with van der Waals surface area (Å²) in [5.41, 5.74) is 1.18. The van der Waals surface area contributed by atoms with Gasteiger partial charge in [0.05, 0.1) is 16.3 Å². The Morgan fingerprint density at radius 3 is 2.76 bits per heavy atom. The summed E-state index contributed by atoms with van der Waals surface area (Å²) in [6.45, 7) is 1.95. The van der Waals surface area contributed by atoms with Crippen molar-refractivity contribution in [3.05, 3.63) is 52.8 Å². The van der Waals surface area contributed by atoms with Gasteiger partial charge in [0.1, 0.15) is 5.82 Å². The molecule has 0 aromatic heterocycles. The fourth-order valence-electron chi connectivity index (χ4n) is 1.86. The molecule has 2 aromatic carbocycles. The molecule has 2 rings (SSSR count). The minimum Gasteiger partial charge on any atom is -0.478 e. The number of nitrogens with one attached hydrogen (secondary N) is 1. The first-order valence-corrected chi connectivity index (χ1v) is 7.60. The number of aromatic carboxylic acids is 1. The van der Waals surface area contributed by atoms with Crippen molar-refractivity contribution in [2.45, 2.75) is 11.8 Å². The standard InChI is InChI=1S/C15H13ClFNO2S/c1-2-21-13-5-3-4-12(14(13)15(19)20)18-9-6-7-11(17)10(16)8-9/h3-8,18H,2H2,1H3,(H,19,20). The molecule has 0 amide bonds. The Balaban J connectivity index is 2.41. The molecular formula is C15H13ClFNO2S. The number of carbonyl (C=O) groups is 1. The third kappa shape index (κ3) is 3.68. The minimum atomic E-state index is -1.01. The number of carboxylic acid groups (broad SMARTS) is 1. The van der Waals surface area contributed by atoms with Crippen molar-refractivity contribution in [2.75, 3.05) is 11.1 Å². The summed E-state index contributed by atoms with van der Waals surface area (Å²) >= 11 is 7.18. The molecule has 0 fully saturated rings. The third-order valence-corrected chi connectivity index (χ3v) is 3.97. The van der Waals surface area contributed by atoms with Crippen LogP contribution in [0.1, 0.15) is 17.3 Å². The normalized spacial score (nSPS) is 10.4. The fourth-order valence-corrected chi connectivity index (χ4v) is 2.87. The van der Waals surface area contributed by atoms with Gasteiger partial charge in [0.25, 0.3) is 0 Å². The van der Waals surface area contributed by atoms with E-state index in [9.17, 15) is 14.3 Å². The van der Waals surface area contributed by atoms with E-state index in [2.05, 4.69) is 5.32 Å². The molecule has 0 saturated heterocycles. The van der Waals surface area contributed by atoms with Crippen molar-refractivity contribution >= 4 is 40.7 Å². The molecule has 0 heterocycles. The summed E-state index contributed by atoms with van der Waals surface area (Å²) in [6.07, 6.45) is 0. The maximum atomic E-state index is 13.2. The summed E-state index contributed by atoms with van der Waals surface area (Å²) in [6, 6.07) is 9.36. The number of benzene rings is 2. The number of carboxylic acids is 1. The highest BCUT2D eigenvalue weighted by atomic mass is 35.5. The Morgan fingerprint density at radius 1 is 1.38 bits per heavy atom. The Bertz CT molecular complexity index is 679. The zero-order valence-electron chi connectivity index (χ0n) is 11.2. The van der Waals surface area contributed by atoms with Crippen LogP contribution in [0.15, 0.2) is 41.3 Å². The lowest BCUT2D eigenvalue weighted by Gasteiger charge is -2.13. The maximum absolute atomic E-state index is 13.2. The molecule has 0 atom stereocenters. The first-order valence-electron chi connectivity index (χ1n) is 6.24. The average Bonchev–Trinajstić information content (AvgIpc) is 2.43. The van der Waals surface area contributed by atoms with Crippen LogP contribution in [0.3, 0.4) is 0 Å². The lowest BCUT2D eigenvalue weighted by molar-refractivity contribution is 0.0694. The molecule has 0 radical (unpaired) electrons. The van der Waals surface area contributed by atoms with Crippen LogP contribution in [0, 0.1) is 5.82 Å². The Hall–Kier alpha value is -1.72. The topological polar surface area (TPSA) is 49.3 Å². The predicted molar refractivity (Wildman–Crippen MR) is 84.5 cm³/mol. The molecular weight excluding hydrogens is 313 g/mol. The van der Waals surface area contributed by atoms with Gasteiger partial charge < -0.3 is 10.4 Å². The quantitative estimate of drug-likeness (QED) is 0.757. The molecule has 110 valence electrons. The fraction of sp³-hybridized carbons (Fsp3) is 0.133. The Morgan fingerprint density at radius 2 is 2.14 bits per heavy atom. The molecule has 0 aliphatic heterocycles. The van der Waals surface area contributed by atoms with Crippen LogP contribution in [0.25, 0.3) is 0 Å². The molecule has 0 bridgehead atoms. The summed E-state index contributed by atoms with van der Waals surface area (Å²) in [4.78, 5) is 12.2. The van der Waals surface area contributed by atoms with E-state index in [0.717, 1.165) is 5.75 Å². The number of hydrogen-bond acceptors (Lipinski definition) is 3. The molecule has 0 saturated carbocycles. The van der Waals surface area contributed by atoms with Crippen molar-refractivity contribution in [1.82, 2.24) is 0 Å². The molecule has 21 heavy (non-hydrogen) atoms. The predicted octanol–water partition coefficient (Wildman–Crippen LogP) is 5.03. The molecule has 0 unspecified atom stereocenters. The van der Waals surface area contributed by atoms with E-state index in [1.165, 1.54) is 30.0 Å². The van der Waals surface area contributed by atoms with E-state index in [1.807, 2.05) is 6.92 Å². The average molecular weight is 326 g/mol. The highest BCUT2D eigenvalue weighted by molar-refractivity contribution is 7.99. The molecule has 2 aromatic rings. The van der Waals surface area contributed by atoms with Crippen LogP contribution >= 0.6 is 23.4 Å². The highest BCUT2D eigenvalue weighted by Gasteiger charge is 2.16. The number of rotatable bonds is 5. The molecule has 0 aliphatic rings. The Labute approximate surface area is 131 Å². The second-order valence-electron chi connectivity index (χ2n) is 4.17. The Kier molecular flexibility index (Phi) is 5.09. The van der Waals surface area contributed by atoms with Gasteiger partial charge in [0, 0.05) is 10.6 Å². The third-order valence-electron chi connectivity index (χ3n) is 2.74. The van der Waals surface area contributed by atoms with Crippen LogP contribution < -0.4 is 5.32 Å². The lowest BCUT2D eigenvalue weighted by atomic mass is 10.1. The summed E-state index contributed by atoms with van der Waals surface area (Å²) < 4.78 is 13.2. The molecule has 0 aliphatic carbocycles. The van der Waals surface area contributed by atoms with Crippen molar-refractivity contribution in [3.63, 3.8) is 0 Å². The van der Waals surface area contributed by atoms with E-state index in [1.54, 1.807) is 18.2 Å². The zero-order valence-corrected chi connectivity index (χ0v) is 12.8. The van der Waals surface area contributed by atoms with Gasteiger partial charge >= 0.3 is 5.97 Å². The van der Waals surface area contributed by atoms with E-state index in [0.29, 0.717) is 16.3 Å². The first-order chi connectivity index (χ1) is 10.0. The van der Waals surface area contributed by atoms with Crippen molar-refractivity contribution < 1.29 is 14.3 Å². The molecule has 6 heteroatoms. The number of thioether (sulfide) groups is 1. The minimum absolute atomic E-state index is 0.0176. The molecule has 3 nitrogen and oxygen atoms in total. The molecule has 2 N–H and O–H groups in total. The summed E-state index contributed by atoms with van der Waals surface area (Å²) in [5.74, 6) is -0.759. The van der Waals surface area contributed by atoms with Gasteiger partial charge in [-0.2, -0.15) is 0 Å². The summed E-state index contributed by atoms with van der Waals surface area (Å²) in [5, 5.41) is 12.4. The van der Waals surface area contributed by atoms with Crippen LogP contribution in [-0.4, -0.2) is 16.8 Å². The number of hydrogen-bond donors (Lipinski definition) is 2.